The Labute approximate surface area is 100 Å². The molecule has 0 aliphatic heterocycles. The average molecular weight is 240 g/mol. The summed E-state index contributed by atoms with van der Waals surface area (Å²) in [7, 11) is 0. The molecule has 0 radical (unpaired) electrons. The molecule has 4 nitrogen and oxygen atoms in total. The first-order valence-corrected chi connectivity index (χ1v) is 4.92. The van der Waals surface area contributed by atoms with Crippen LogP contribution in [0.3, 0.4) is 0 Å². The van der Waals surface area contributed by atoms with E-state index in [9.17, 15) is 0 Å². The molecule has 0 unspecified atom stereocenters. The SMILES string of the molecule is Cl.OCc1cn(CCc2ccccc2)nn1. The van der Waals surface area contributed by atoms with E-state index in [1.807, 2.05) is 18.2 Å². The van der Waals surface area contributed by atoms with E-state index in [0.29, 0.717) is 5.69 Å². The molecule has 16 heavy (non-hydrogen) atoms. The number of aryl methyl sites for hydroxylation is 2. The van der Waals surface area contributed by atoms with Gasteiger partial charge in [-0.1, -0.05) is 35.5 Å². The molecular formula is C11H14ClN3O. The molecule has 1 aromatic heterocycles. The van der Waals surface area contributed by atoms with Gasteiger partial charge in [-0.2, -0.15) is 0 Å². The van der Waals surface area contributed by atoms with Crippen LogP contribution in [0.4, 0.5) is 0 Å². The highest BCUT2D eigenvalue weighted by atomic mass is 35.5. The summed E-state index contributed by atoms with van der Waals surface area (Å²) in [5, 5.41) is 16.5. The predicted molar refractivity (Wildman–Crippen MR) is 63.3 cm³/mol. The second-order valence-electron chi connectivity index (χ2n) is 3.37. The monoisotopic (exact) mass is 239 g/mol. The molecule has 0 bridgehead atoms. The highest BCUT2D eigenvalue weighted by Crippen LogP contribution is 2.01. The Hall–Kier alpha value is -1.39. The summed E-state index contributed by atoms with van der Waals surface area (Å²) < 4.78 is 1.75. The molecule has 1 heterocycles. The summed E-state index contributed by atoms with van der Waals surface area (Å²) in [5.41, 5.74) is 1.89. The van der Waals surface area contributed by atoms with Crippen molar-refractivity contribution in [3.8, 4) is 0 Å². The molecule has 1 N–H and O–H groups in total. The van der Waals surface area contributed by atoms with Crippen LogP contribution < -0.4 is 0 Å². The number of nitrogens with zero attached hydrogens (tertiary/aromatic N) is 3. The molecule has 0 aliphatic rings. The average Bonchev–Trinajstić information content (AvgIpc) is 2.76. The molecule has 0 fully saturated rings. The number of hydrogen-bond donors (Lipinski definition) is 1. The maximum Gasteiger partial charge on any atom is 0.108 e. The summed E-state index contributed by atoms with van der Waals surface area (Å²) in [4.78, 5) is 0. The predicted octanol–water partition coefficient (Wildman–Crippen LogP) is 1.43. The minimum absolute atomic E-state index is 0. The van der Waals surface area contributed by atoms with Crippen LogP contribution in [-0.2, 0) is 19.6 Å². The van der Waals surface area contributed by atoms with E-state index >= 15 is 0 Å². The van der Waals surface area contributed by atoms with Crippen LogP contribution in [-0.4, -0.2) is 20.1 Å². The molecule has 2 rings (SSSR count). The Balaban J connectivity index is 0.00000128. The minimum atomic E-state index is -0.0503. The molecule has 0 saturated heterocycles. The van der Waals surface area contributed by atoms with Crippen LogP contribution in [0.5, 0.6) is 0 Å². The van der Waals surface area contributed by atoms with Crippen molar-refractivity contribution in [1.82, 2.24) is 15.0 Å². The van der Waals surface area contributed by atoms with Crippen LogP contribution in [0.15, 0.2) is 36.5 Å². The van der Waals surface area contributed by atoms with Gasteiger partial charge in [-0.05, 0) is 12.0 Å². The Morgan fingerprint density at radius 1 is 1.19 bits per heavy atom. The van der Waals surface area contributed by atoms with Gasteiger partial charge < -0.3 is 5.11 Å². The Morgan fingerprint density at radius 3 is 2.56 bits per heavy atom. The lowest BCUT2D eigenvalue weighted by atomic mass is 10.1. The van der Waals surface area contributed by atoms with Crippen molar-refractivity contribution in [2.24, 2.45) is 0 Å². The molecule has 5 heteroatoms. The summed E-state index contributed by atoms with van der Waals surface area (Å²) in [6.45, 7) is 0.738. The van der Waals surface area contributed by atoms with Crippen LogP contribution in [0.25, 0.3) is 0 Å². The second kappa shape index (κ2) is 6.25. The second-order valence-corrected chi connectivity index (χ2v) is 3.37. The van der Waals surface area contributed by atoms with Gasteiger partial charge in [0.05, 0.1) is 12.8 Å². The first-order chi connectivity index (χ1) is 7.38. The van der Waals surface area contributed by atoms with Gasteiger partial charge in [0.1, 0.15) is 5.69 Å². The van der Waals surface area contributed by atoms with Gasteiger partial charge in [0.2, 0.25) is 0 Å². The zero-order chi connectivity index (χ0) is 10.5. The quantitative estimate of drug-likeness (QED) is 0.878. The van der Waals surface area contributed by atoms with Gasteiger partial charge in [0, 0.05) is 6.54 Å². The fraction of sp³-hybridized carbons (Fsp3) is 0.273. The van der Waals surface area contributed by atoms with Gasteiger partial charge in [0.15, 0.2) is 0 Å². The summed E-state index contributed by atoms with van der Waals surface area (Å²) >= 11 is 0. The van der Waals surface area contributed by atoms with E-state index < -0.39 is 0 Å². The molecule has 86 valence electrons. The zero-order valence-corrected chi connectivity index (χ0v) is 9.60. The Morgan fingerprint density at radius 2 is 1.94 bits per heavy atom. The summed E-state index contributed by atoms with van der Waals surface area (Å²) in [5.74, 6) is 0. The van der Waals surface area contributed by atoms with Crippen LogP contribution in [0.2, 0.25) is 0 Å². The standard InChI is InChI=1S/C11H13N3O.ClH/c15-9-11-8-14(13-12-11)7-6-10-4-2-1-3-5-10;/h1-5,8,15H,6-7,9H2;1H. The fourth-order valence-corrected chi connectivity index (χ4v) is 1.41. The van der Waals surface area contributed by atoms with Crippen molar-refractivity contribution in [2.75, 3.05) is 0 Å². The third kappa shape index (κ3) is 3.32. The van der Waals surface area contributed by atoms with Gasteiger partial charge in [-0.25, -0.2) is 0 Å². The molecule has 0 atom stereocenters. The van der Waals surface area contributed by atoms with Gasteiger partial charge in [-0.15, -0.1) is 17.5 Å². The number of halogens is 1. The largest absolute Gasteiger partial charge is 0.390 e. The normalized spacial score (nSPS) is 9.81. The van der Waals surface area contributed by atoms with E-state index in [2.05, 4.69) is 22.4 Å². The first kappa shape index (κ1) is 12.7. The molecule has 0 saturated carbocycles. The van der Waals surface area contributed by atoms with Crippen molar-refractivity contribution >= 4 is 12.4 Å². The smallest absolute Gasteiger partial charge is 0.108 e. The van der Waals surface area contributed by atoms with E-state index in [4.69, 9.17) is 5.11 Å². The van der Waals surface area contributed by atoms with Gasteiger partial charge in [-0.3, -0.25) is 4.68 Å². The molecule has 1 aromatic carbocycles. The Kier molecular flexibility index (Phi) is 4.95. The van der Waals surface area contributed by atoms with Crippen molar-refractivity contribution in [3.05, 3.63) is 47.8 Å². The lowest BCUT2D eigenvalue weighted by Crippen LogP contribution is -2.01. The fourth-order valence-electron chi connectivity index (χ4n) is 1.41. The number of aliphatic hydroxyl groups is 1. The van der Waals surface area contributed by atoms with E-state index in [0.717, 1.165) is 13.0 Å². The molecular weight excluding hydrogens is 226 g/mol. The number of aromatic nitrogens is 3. The molecule has 0 spiro atoms. The highest BCUT2D eigenvalue weighted by molar-refractivity contribution is 5.85. The highest BCUT2D eigenvalue weighted by Gasteiger charge is 1.98. The van der Waals surface area contributed by atoms with Crippen molar-refractivity contribution in [1.29, 1.82) is 0 Å². The van der Waals surface area contributed by atoms with Crippen molar-refractivity contribution < 1.29 is 5.11 Å². The van der Waals surface area contributed by atoms with Crippen molar-refractivity contribution in [2.45, 2.75) is 19.6 Å². The van der Waals surface area contributed by atoms with Crippen LogP contribution in [0.1, 0.15) is 11.3 Å². The maximum absolute atomic E-state index is 8.82. The minimum Gasteiger partial charge on any atom is -0.390 e. The summed E-state index contributed by atoms with van der Waals surface area (Å²) in [6, 6.07) is 10.2. The zero-order valence-electron chi connectivity index (χ0n) is 8.78. The topological polar surface area (TPSA) is 50.9 Å². The van der Waals surface area contributed by atoms with E-state index in [1.165, 1.54) is 5.56 Å². The third-order valence-corrected chi connectivity index (χ3v) is 2.22. The molecule has 2 aromatic rings. The van der Waals surface area contributed by atoms with E-state index in [-0.39, 0.29) is 19.0 Å². The molecule has 0 amide bonds. The van der Waals surface area contributed by atoms with Gasteiger partial charge >= 0.3 is 0 Å². The lowest BCUT2D eigenvalue weighted by molar-refractivity contribution is 0.276. The summed E-state index contributed by atoms with van der Waals surface area (Å²) in [6.07, 6.45) is 2.69. The number of hydrogen-bond acceptors (Lipinski definition) is 3. The van der Waals surface area contributed by atoms with E-state index in [1.54, 1.807) is 10.9 Å². The number of rotatable bonds is 4. The maximum atomic E-state index is 8.82. The van der Waals surface area contributed by atoms with Crippen molar-refractivity contribution in [3.63, 3.8) is 0 Å². The third-order valence-electron chi connectivity index (χ3n) is 2.22. The van der Waals surface area contributed by atoms with Gasteiger partial charge in [0.25, 0.3) is 0 Å². The van der Waals surface area contributed by atoms with Crippen LogP contribution >= 0.6 is 12.4 Å². The molecule has 0 aliphatic carbocycles. The Bertz CT molecular complexity index is 416. The number of benzene rings is 1. The van der Waals surface area contributed by atoms with Crippen LogP contribution in [0, 0.1) is 0 Å². The lowest BCUT2D eigenvalue weighted by Gasteiger charge is -2.00. The first-order valence-electron chi connectivity index (χ1n) is 4.92. The number of aliphatic hydroxyl groups excluding tert-OH is 1.